The summed E-state index contributed by atoms with van der Waals surface area (Å²) >= 11 is 0. The van der Waals surface area contributed by atoms with Crippen LogP contribution >= 0.6 is 0 Å². The van der Waals surface area contributed by atoms with E-state index >= 15 is 0 Å². The van der Waals surface area contributed by atoms with Gasteiger partial charge in [0.2, 0.25) is 5.91 Å². The molecule has 0 saturated carbocycles. The fourth-order valence-corrected chi connectivity index (χ4v) is 3.32. The summed E-state index contributed by atoms with van der Waals surface area (Å²) in [6.07, 6.45) is 0.327. The summed E-state index contributed by atoms with van der Waals surface area (Å²) < 4.78 is 16.8. The molecule has 1 fully saturated rings. The lowest BCUT2D eigenvalue weighted by molar-refractivity contribution is -0.126. The van der Waals surface area contributed by atoms with Gasteiger partial charge in [-0.1, -0.05) is 6.07 Å². The van der Waals surface area contributed by atoms with Crippen molar-refractivity contribution in [1.82, 2.24) is 10.2 Å². The number of hydrogen-bond acceptors (Lipinski definition) is 5. The van der Waals surface area contributed by atoms with E-state index in [0.717, 1.165) is 30.2 Å². The Morgan fingerprint density at radius 3 is 2.58 bits per heavy atom. The first kappa shape index (κ1) is 17.0. The van der Waals surface area contributed by atoms with Gasteiger partial charge in [0.1, 0.15) is 13.2 Å². The minimum atomic E-state index is -0.0794. The van der Waals surface area contributed by atoms with Crippen LogP contribution in [0.3, 0.4) is 0 Å². The van der Waals surface area contributed by atoms with Gasteiger partial charge in [-0.15, -0.1) is 0 Å². The van der Waals surface area contributed by atoms with Crippen molar-refractivity contribution < 1.29 is 19.0 Å². The SMILES string of the molecule is C[C@@H]1CN(CC(=O)N[C@@H](C)c2ccc3c(c2)OCCO3)C[C@H](C)O1. The van der Waals surface area contributed by atoms with Crippen LogP contribution < -0.4 is 14.8 Å². The van der Waals surface area contributed by atoms with E-state index in [0.29, 0.717) is 19.8 Å². The molecule has 132 valence electrons. The molecule has 24 heavy (non-hydrogen) atoms. The number of fused-ring (bicyclic) bond motifs is 1. The lowest BCUT2D eigenvalue weighted by Gasteiger charge is -2.35. The van der Waals surface area contributed by atoms with Gasteiger partial charge in [-0.25, -0.2) is 0 Å². The monoisotopic (exact) mass is 334 g/mol. The molecule has 1 N–H and O–H groups in total. The number of rotatable bonds is 4. The van der Waals surface area contributed by atoms with E-state index in [4.69, 9.17) is 14.2 Å². The van der Waals surface area contributed by atoms with Gasteiger partial charge in [0.25, 0.3) is 0 Å². The smallest absolute Gasteiger partial charge is 0.234 e. The topological polar surface area (TPSA) is 60.0 Å². The molecule has 1 amide bonds. The highest BCUT2D eigenvalue weighted by atomic mass is 16.6. The van der Waals surface area contributed by atoms with E-state index in [1.54, 1.807) is 0 Å². The van der Waals surface area contributed by atoms with Gasteiger partial charge in [-0.05, 0) is 38.5 Å². The molecular formula is C18H26N2O4. The van der Waals surface area contributed by atoms with E-state index in [9.17, 15) is 4.79 Å². The van der Waals surface area contributed by atoms with Gasteiger partial charge in [-0.3, -0.25) is 9.69 Å². The number of morpholine rings is 1. The van der Waals surface area contributed by atoms with Crippen LogP contribution in [0.5, 0.6) is 11.5 Å². The number of nitrogens with zero attached hydrogens (tertiary/aromatic N) is 1. The maximum atomic E-state index is 12.3. The summed E-state index contributed by atoms with van der Waals surface area (Å²) in [5.74, 6) is 1.54. The Kier molecular flexibility index (Phi) is 5.26. The molecule has 3 atom stereocenters. The third kappa shape index (κ3) is 4.19. The number of hydrogen-bond donors (Lipinski definition) is 1. The van der Waals surface area contributed by atoms with Crippen molar-refractivity contribution in [2.24, 2.45) is 0 Å². The average molecular weight is 334 g/mol. The minimum absolute atomic E-state index is 0.0266. The predicted octanol–water partition coefficient (Wildman–Crippen LogP) is 1.74. The molecule has 0 aliphatic carbocycles. The van der Waals surface area contributed by atoms with Gasteiger partial charge in [0, 0.05) is 13.1 Å². The maximum absolute atomic E-state index is 12.3. The van der Waals surface area contributed by atoms with Crippen LogP contribution in [-0.2, 0) is 9.53 Å². The van der Waals surface area contributed by atoms with Crippen molar-refractivity contribution in [2.75, 3.05) is 32.8 Å². The fourth-order valence-electron chi connectivity index (χ4n) is 3.32. The molecule has 3 rings (SSSR count). The van der Waals surface area contributed by atoms with Crippen LogP contribution in [0.4, 0.5) is 0 Å². The van der Waals surface area contributed by atoms with Crippen molar-refractivity contribution in [3.63, 3.8) is 0 Å². The van der Waals surface area contributed by atoms with Gasteiger partial charge in [0.05, 0.1) is 24.8 Å². The van der Waals surface area contributed by atoms with Crippen molar-refractivity contribution in [3.8, 4) is 11.5 Å². The molecule has 1 aromatic rings. The molecule has 1 aromatic carbocycles. The van der Waals surface area contributed by atoms with Crippen LogP contribution in [0.25, 0.3) is 0 Å². The summed E-state index contributed by atoms with van der Waals surface area (Å²) in [7, 11) is 0. The normalized spacial score (nSPS) is 25.1. The Balaban J connectivity index is 1.56. The molecule has 0 spiro atoms. The third-order valence-corrected chi connectivity index (χ3v) is 4.31. The van der Waals surface area contributed by atoms with Crippen LogP contribution in [0, 0.1) is 0 Å². The second kappa shape index (κ2) is 7.40. The highest BCUT2D eigenvalue weighted by Gasteiger charge is 2.24. The second-order valence-electron chi connectivity index (χ2n) is 6.64. The first-order valence-corrected chi connectivity index (χ1v) is 8.58. The Labute approximate surface area is 143 Å². The summed E-state index contributed by atoms with van der Waals surface area (Å²) in [6.45, 7) is 9.17. The maximum Gasteiger partial charge on any atom is 0.234 e. The summed E-state index contributed by atoms with van der Waals surface area (Å²) in [4.78, 5) is 14.5. The van der Waals surface area contributed by atoms with Gasteiger partial charge >= 0.3 is 0 Å². The Morgan fingerprint density at radius 1 is 1.21 bits per heavy atom. The lowest BCUT2D eigenvalue weighted by atomic mass is 10.1. The molecule has 1 saturated heterocycles. The van der Waals surface area contributed by atoms with E-state index in [2.05, 4.69) is 10.2 Å². The second-order valence-corrected chi connectivity index (χ2v) is 6.64. The Bertz CT molecular complexity index is 582. The van der Waals surface area contributed by atoms with Gasteiger partial charge < -0.3 is 19.5 Å². The number of benzene rings is 1. The van der Waals surface area contributed by atoms with Gasteiger partial charge in [-0.2, -0.15) is 0 Å². The lowest BCUT2D eigenvalue weighted by Crippen LogP contribution is -2.49. The van der Waals surface area contributed by atoms with Crippen molar-refractivity contribution in [3.05, 3.63) is 23.8 Å². The number of carbonyl (C=O) groups excluding carboxylic acids is 1. The average Bonchev–Trinajstić information content (AvgIpc) is 2.53. The number of amides is 1. The van der Waals surface area contributed by atoms with Crippen LogP contribution in [0.2, 0.25) is 0 Å². The summed E-state index contributed by atoms with van der Waals surface area (Å²) in [5.41, 5.74) is 1.01. The standard InChI is InChI=1S/C18H26N2O4/c1-12-9-20(10-13(2)24-12)11-18(21)19-14(3)15-4-5-16-17(8-15)23-7-6-22-16/h4-5,8,12-14H,6-7,9-11H2,1-3H3,(H,19,21)/t12-,13+,14-/m0/s1. The van der Waals surface area contributed by atoms with E-state index in [-0.39, 0.29) is 24.2 Å². The third-order valence-electron chi connectivity index (χ3n) is 4.31. The molecule has 0 unspecified atom stereocenters. The molecular weight excluding hydrogens is 308 g/mol. The van der Waals surface area contributed by atoms with E-state index < -0.39 is 0 Å². The molecule has 6 nitrogen and oxygen atoms in total. The number of nitrogens with one attached hydrogen (secondary N) is 1. The molecule has 0 bridgehead atoms. The minimum Gasteiger partial charge on any atom is -0.486 e. The van der Waals surface area contributed by atoms with Crippen molar-refractivity contribution in [2.45, 2.75) is 39.0 Å². The molecule has 6 heteroatoms. The quantitative estimate of drug-likeness (QED) is 0.909. The number of ether oxygens (including phenoxy) is 3. The number of carbonyl (C=O) groups is 1. The molecule has 0 radical (unpaired) electrons. The van der Waals surface area contributed by atoms with Crippen LogP contribution in [0.1, 0.15) is 32.4 Å². The van der Waals surface area contributed by atoms with Crippen molar-refractivity contribution >= 4 is 5.91 Å². The highest BCUT2D eigenvalue weighted by molar-refractivity contribution is 5.78. The molecule has 2 aliphatic rings. The molecule has 0 aromatic heterocycles. The van der Waals surface area contributed by atoms with E-state index in [1.165, 1.54) is 0 Å². The first-order chi connectivity index (χ1) is 11.5. The van der Waals surface area contributed by atoms with Crippen LogP contribution in [-0.4, -0.2) is 55.9 Å². The first-order valence-electron chi connectivity index (χ1n) is 8.58. The molecule has 2 aliphatic heterocycles. The zero-order chi connectivity index (χ0) is 17.1. The Morgan fingerprint density at radius 2 is 1.88 bits per heavy atom. The zero-order valence-corrected chi connectivity index (χ0v) is 14.6. The fraction of sp³-hybridized carbons (Fsp3) is 0.611. The van der Waals surface area contributed by atoms with Gasteiger partial charge in [0.15, 0.2) is 11.5 Å². The largest absolute Gasteiger partial charge is 0.486 e. The van der Waals surface area contributed by atoms with E-state index in [1.807, 2.05) is 39.0 Å². The van der Waals surface area contributed by atoms with Crippen LogP contribution in [0.15, 0.2) is 18.2 Å². The summed E-state index contributed by atoms with van der Waals surface area (Å²) in [6, 6.07) is 5.73. The highest BCUT2D eigenvalue weighted by Crippen LogP contribution is 2.32. The Hall–Kier alpha value is -1.79. The summed E-state index contributed by atoms with van der Waals surface area (Å²) in [5, 5.41) is 3.06. The zero-order valence-electron chi connectivity index (χ0n) is 14.6. The predicted molar refractivity (Wildman–Crippen MR) is 90.4 cm³/mol. The molecule has 2 heterocycles. The van der Waals surface area contributed by atoms with Crippen molar-refractivity contribution in [1.29, 1.82) is 0 Å².